The minimum Gasteiger partial charge on any atom is -0.387 e. The molecule has 1 spiro atoms. The monoisotopic (exact) mass is 370 g/mol. The Labute approximate surface area is 149 Å². The van der Waals surface area contributed by atoms with E-state index in [1.165, 1.54) is 0 Å². The molecule has 1 saturated heterocycles. The maximum absolute atomic E-state index is 12.8. The number of aliphatic hydroxyl groups excluding tert-OH is 1. The third kappa shape index (κ3) is 3.56. The molecule has 0 unspecified atom stereocenters. The molecule has 3 rings (SSSR count). The lowest BCUT2D eigenvalue weighted by Gasteiger charge is -2.25. The highest BCUT2D eigenvalue weighted by molar-refractivity contribution is 6.07. The summed E-state index contributed by atoms with van der Waals surface area (Å²) in [5, 5.41) is 13.1. The highest BCUT2D eigenvalue weighted by Crippen LogP contribution is 2.34. The Morgan fingerprint density at radius 3 is 2.19 bits per heavy atom. The molecule has 3 amide bonds. The number of benzene rings is 1. The average Bonchev–Trinajstić information content (AvgIpc) is 2.75. The van der Waals surface area contributed by atoms with Gasteiger partial charge in [-0.1, -0.05) is 37.8 Å². The summed E-state index contributed by atoms with van der Waals surface area (Å²) in [6, 6.07) is 3.51. The van der Waals surface area contributed by atoms with Gasteiger partial charge in [0.25, 0.3) is 5.91 Å². The van der Waals surface area contributed by atoms with E-state index in [-0.39, 0.29) is 18.0 Å². The van der Waals surface area contributed by atoms with Crippen molar-refractivity contribution < 1.29 is 27.9 Å². The summed E-state index contributed by atoms with van der Waals surface area (Å²) in [4.78, 5) is 26.0. The third-order valence-electron chi connectivity index (χ3n) is 5.18. The highest BCUT2D eigenvalue weighted by atomic mass is 19.4. The van der Waals surface area contributed by atoms with Gasteiger partial charge in [0, 0.05) is 0 Å². The second-order valence-electron chi connectivity index (χ2n) is 6.98. The van der Waals surface area contributed by atoms with Crippen molar-refractivity contribution >= 4 is 11.9 Å². The minimum absolute atomic E-state index is 0.223. The fourth-order valence-electron chi connectivity index (χ4n) is 3.69. The zero-order valence-electron chi connectivity index (χ0n) is 14.2. The van der Waals surface area contributed by atoms with Crippen molar-refractivity contribution in [1.82, 2.24) is 10.2 Å². The first-order chi connectivity index (χ1) is 12.2. The molecule has 1 atom stereocenters. The second-order valence-corrected chi connectivity index (χ2v) is 6.98. The Morgan fingerprint density at radius 2 is 1.65 bits per heavy atom. The number of nitrogens with zero attached hydrogens (tertiary/aromatic N) is 1. The van der Waals surface area contributed by atoms with E-state index in [4.69, 9.17) is 0 Å². The number of imide groups is 1. The molecule has 1 aromatic carbocycles. The number of nitrogens with one attached hydrogen (secondary N) is 1. The van der Waals surface area contributed by atoms with Crippen LogP contribution in [0.1, 0.15) is 55.8 Å². The van der Waals surface area contributed by atoms with E-state index in [2.05, 4.69) is 5.32 Å². The van der Waals surface area contributed by atoms with Crippen LogP contribution in [-0.4, -0.2) is 34.0 Å². The lowest BCUT2D eigenvalue weighted by molar-refractivity contribution is -0.137. The van der Waals surface area contributed by atoms with Crippen molar-refractivity contribution in [3.63, 3.8) is 0 Å². The maximum atomic E-state index is 12.8. The molecular formula is C18H21F3N2O3. The summed E-state index contributed by atoms with van der Waals surface area (Å²) < 4.78 is 37.9. The van der Waals surface area contributed by atoms with Gasteiger partial charge < -0.3 is 10.4 Å². The summed E-state index contributed by atoms with van der Waals surface area (Å²) in [7, 11) is 0. The number of carbonyl (C=O) groups is 2. The van der Waals surface area contributed by atoms with Gasteiger partial charge in [-0.2, -0.15) is 13.2 Å². The first-order valence-electron chi connectivity index (χ1n) is 8.72. The molecule has 1 aliphatic heterocycles. The lowest BCUT2D eigenvalue weighted by atomic mass is 9.90. The van der Waals surface area contributed by atoms with Crippen LogP contribution in [0.15, 0.2) is 24.3 Å². The summed E-state index contributed by atoms with van der Waals surface area (Å²) >= 11 is 0. The Morgan fingerprint density at radius 1 is 1.08 bits per heavy atom. The molecule has 0 bridgehead atoms. The van der Waals surface area contributed by atoms with E-state index in [9.17, 15) is 27.9 Å². The van der Waals surface area contributed by atoms with Crippen molar-refractivity contribution in [2.45, 2.75) is 56.3 Å². The number of rotatable bonds is 3. The molecule has 1 aromatic rings. The van der Waals surface area contributed by atoms with E-state index in [0.717, 1.165) is 54.8 Å². The van der Waals surface area contributed by atoms with Crippen LogP contribution in [0.4, 0.5) is 18.0 Å². The molecule has 5 nitrogen and oxygen atoms in total. The molecule has 0 aromatic heterocycles. The van der Waals surface area contributed by atoms with Crippen LogP contribution in [0.2, 0.25) is 0 Å². The van der Waals surface area contributed by atoms with E-state index >= 15 is 0 Å². The van der Waals surface area contributed by atoms with E-state index in [0.29, 0.717) is 12.8 Å². The van der Waals surface area contributed by atoms with Gasteiger partial charge in [-0.15, -0.1) is 0 Å². The van der Waals surface area contributed by atoms with Gasteiger partial charge in [-0.05, 0) is 30.5 Å². The number of halogens is 3. The number of β-amino-alcohol motifs (C(OH)–C–C–N with tert-alkyl or cyclic N) is 1. The lowest BCUT2D eigenvalue weighted by Crippen LogP contribution is -2.46. The zero-order valence-corrected chi connectivity index (χ0v) is 14.2. The molecule has 1 heterocycles. The zero-order chi connectivity index (χ0) is 18.9. The first-order valence-corrected chi connectivity index (χ1v) is 8.72. The molecule has 2 aliphatic rings. The van der Waals surface area contributed by atoms with Crippen LogP contribution in [0.5, 0.6) is 0 Å². The smallest absolute Gasteiger partial charge is 0.387 e. The highest BCUT2D eigenvalue weighted by Gasteiger charge is 2.51. The fourth-order valence-corrected chi connectivity index (χ4v) is 3.69. The van der Waals surface area contributed by atoms with Crippen LogP contribution < -0.4 is 5.32 Å². The maximum Gasteiger partial charge on any atom is 0.416 e. The van der Waals surface area contributed by atoms with Gasteiger partial charge in [-0.3, -0.25) is 9.69 Å². The van der Waals surface area contributed by atoms with Crippen LogP contribution >= 0.6 is 0 Å². The number of urea groups is 1. The number of hydrogen-bond acceptors (Lipinski definition) is 3. The number of carbonyl (C=O) groups excluding carboxylic acids is 2. The number of aliphatic hydroxyl groups is 1. The van der Waals surface area contributed by atoms with Crippen molar-refractivity contribution in [2.24, 2.45) is 0 Å². The van der Waals surface area contributed by atoms with Gasteiger partial charge in [0.1, 0.15) is 5.54 Å². The largest absolute Gasteiger partial charge is 0.416 e. The minimum atomic E-state index is -4.46. The van der Waals surface area contributed by atoms with Gasteiger partial charge in [0.05, 0.1) is 18.2 Å². The number of hydrogen-bond donors (Lipinski definition) is 2. The second kappa shape index (κ2) is 6.90. The predicted octanol–water partition coefficient (Wildman–Crippen LogP) is 3.38. The summed E-state index contributed by atoms with van der Waals surface area (Å²) in [5.41, 5.74) is -1.49. The normalized spacial score (nSPS) is 21.6. The Kier molecular flexibility index (Phi) is 4.96. The molecule has 8 heteroatoms. The van der Waals surface area contributed by atoms with Crippen LogP contribution in [0.3, 0.4) is 0 Å². The molecular weight excluding hydrogens is 349 g/mol. The SMILES string of the molecule is O=C1NC2(CCCCCC2)C(=O)N1C[C@H](O)c1ccc(C(F)(F)F)cc1. The molecule has 142 valence electrons. The molecule has 1 aliphatic carbocycles. The van der Waals surface area contributed by atoms with Crippen LogP contribution in [0, 0.1) is 0 Å². The summed E-state index contributed by atoms with van der Waals surface area (Å²) in [5.74, 6) is -0.352. The van der Waals surface area contributed by atoms with E-state index in [1.54, 1.807) is 0 Å². The topological polar surface area (TPSA) is 69.6 Å². The van der Waals surface area contributed by atoms with Crippen molar-refractivity contribution in [3.05, 3.63) is 35.4 Å². The van der Waals surface area contributed by atoms with Crippen LogP contribution in [0.25, 0.3) is 0 Å². The Bertz CT molecular complexity index is 680. The average molecular weight is 370 g/mol. The van der Waals surface area contributed by atoms with Crippen molar-refractivity contribution in [3.8, 4) is 0 Å². The van der Waals surface area contributed by atoms with Gasteiger partial charge in [0.15, 0.2) is 0 Å². The Balaban J connectivity index is 1.71. The number of alkyl halides is 3. The molecule has 1 saturated carbocycles. The van der Waals surface area contributed by atoms with E-state index in [1.807, 2.05) is 0 Å². The van der Waals surface area contributed by atoms with E-state index < -0.39 is 29.4 Å². The predicted molar refractivity (Wildman–Crippen MR) is 87.1 cm³/mol. The molecule has 0 radical (unpaired) electrons. The summed E-state index contributed by atoms with van der Waals surface area (Å²) in [6.45, 7) is -0.280. The van der Waals surface area contributed by atoms with Crippen molar-refractivity contribution in [2.75, 3.05) is 6.54 Å². The first kappa shape index (κ1) is 18.7. The standard InChI is InChI=1S/C18H21F3N2O3/c19-18(20,21)13-7-5-12(6-8-13)14(24)11-23-15(25)17(22-16(23)26)9-3-1-2-4-10-17/h5-8,14,24H,1-4,9-11H2,(H,22,26)/t14-/m0/s1. The molecule has 2 N–H and O–H groups in total. The van der Waals surface area contributed by atoms with Gasteiger partial charge in [0.2, 0.25) is 0 Å². The quantitative estimate of drug-likeness (QED) is 0.802. The van der Waals surface area contributed by atoms with Crippen LogP contribution in [-0.2, 0) is 11.0 Å². The Hall–Kier alpha value is -2.09. The van der Waals surface area contributed by atoms with Gasteiger partial charge in [-0.25, -0.2) is 4.79 Å². The molecule has 2 fully saturated rings. The van der Waals surface area contributed by atoms with Gasteiger partial charge >= 0.3 is 12.2 Å². The fraction of sp³-hybridized carbons (Fsp3) is 0.556. The molecule has 26 heavy (non-hydrogen) atoms. The number of amides is 3. The summed E-state index contributed by atoms with van der Waals surface area (Å²) in [6.07, 6.45) is -0.830. The third-order valence-corrected chi connectivity index (χ3v) is 5.18. The van der Waals surface area contributed by atoms with Crippen molar-refractivity contribution in [1.29, 1.82) is 0 Å².